The van der Waals surface area contributed by atoms with Gasteiger partial charge in [-0.25, -0.2) is 0 Å². The van der Waals surface area contributed by atoms with Crippen LogP contribution in [0.15, 0.2) is 23.8 Å². The predicted molar refractivity (Wildman–Crippen MR) is 56.8 cm³/mol. The molecule has 14 heavy (non-hydrogen) atoms. The SMILES string of the molecule is CCC1=CCC(C(=O)OC(C)C)C=C1. The zero-order valence-electron chi connectivity index (χ0n) is 9.12. The van der Waals surface area contributed by atoms with Crippen LogP contribution in [-0.2, 0) is 9.53 Å². The van der Waals surface area contributed by atoms with Gasteiger partial charge in [-0.05, 0) is 26.7 Å². The second kappa shape index (κ2) is 4.99. The molecule has 0 amide bonds. The molecule has 0 bridgehead atoms. The van der Waals surface area contributed by atoms with Crippen molar-refractivity contribution in [1.29, 1.82) is 0 Å². The van der Waals surface area contributed by atoms with Gasteiger partial charge in [-0.3, -0.25) is 4.79 Å². The van der Waals surface area contributed by atoms with Gasteiger partial charge in [-0.15, -0.1) is 0 Å². The number of ether oxygens (including phenoxy) is 1. The Bertz CT molecular complexity index is 261. The van der Waals surface area contributed by atoms with Crippen LogP contribution >= 0.6 is 0 Å². The summed E-state index contributed by atoms with van der Waals surface area (Å²) in [7, 11) is 0. The third-order valence-electron chi connectivity index (χ3n) is 2.24. The molecule has 1 aliphatic rings. The fourth-order valence-corrected chi connectivity index (χ4v) is 1.42. The average Bonchev–Trinajstić information content (AvgIpc) is 2.17. The topological polar surface area (TPSA) is 26.3 Å². The van der Waals surface area contributed by atoms with Crippen LogP contribution in [0.4, 0.5) is 0 Å². The zero-order valence-corrected chi connectivity index (χ0v) is 9.12. The fraction of sp³-hybridized carbons (Fsp3) is 0.583. The molecule has 1 atom stereocenters. The summed E-state index contributed by atoms with van der Waals surface area (Å²) in [5, 5.41) is 0. The van der Waals surface area contributed by atoms with Crippen molar-refractivity contribution in [1.82, 2.24) is 0 Å². The normalized spacial score (nSPS) is 20.9. The Morgan fingerprint density at radius 3 is 2.79 bits per heavy atom. The molecule has 0 aliphatic heterocycles. The smallest absolute Gasteiger partial charge is 0.313 e. The molecule has 0 heterocycles. The molecule has 1 rings (SSSR count). The van der Waals surface area contributed by atoms with Crippen molar-refractivity contribution in [3.63, 3.8) is 0 Å². The molecular weight excluding hydrogens is 176 g/mol. The first-order valence-corrected chi connectivity index (χ1v) is 5.21. The van der Waals surface area contributed by atoms with Crippen LogP contribution in [0, 0.1) is 5.92 Å². The van der Waals surface area contributed by atoms with Crippen molar-refractivity contribution in [2.24, 2.45) is 5.92 Å². The Morgan fingerprint density at radius 1 is 1.64 bits per heavy atom. The molecule has 2 heteroatoms. The summed E-state index contributed by atoms with van der Waals surface area (Å²) in [6, 6.07) is 0. The van der Waals surface area contributed by atoms with Gasteiger partial charge in [0.05, 0.1) is 12.0 Å². The molecule has 2 nitrogen and oxygen atoms in total. The Hall–Kier alpha value is -1.05. The van der Waals surface area contributed by atoms with E-state index in [2.05, 4.69) is 13.0 Å². The molecule has 1 aliphatic carbocycles. The zero-order chi connectivity index (χ0) is 10.6. The maximum atomic E-state index is 11.5. The van der Waals surface area contributed by atoms with Crippen molar-refractivity contribution < 1.29 is 9.53 Å². The summed E-state index contributed by atoms with van der Waals surface area (Å²) in [4.78, 5) is 11.5. The molecule has 0 radical (unpaired) electrons. The third kappa shape index (κ3) is 3.02. The van der Waals surface area contributed by atoms with Crippen LogP contribution in [0.1, 0.15) is 33.6 Å². The number of hydrogen-bond donors (Lipinski definition) is 0. The van der Waals surface area contributed by atoms with E-state index in [-0.39, 0.29) is 18.0 Å². The highest BCUT2D eigenvalue weighted by molar-refractivity contribution is 5.75. The lowest BCUT2D eigenvalue weighted by atomic mass is 9.96. The van der Waals surface area contributed by atoms with Crippen molar-refractivity contribution >= 4 is 5.97 Å². The molecule has 0 fully saturated rings. The van der Waals surface area contributed by atoms with E-state index in [9.17, 15) is 4.79 Å². The third-order valence-corrected chi connectivity index (χ3v) is 2.24. The standard InChI is InChI=1S/C12H18O2/c1-4-10-5-7-11(8-6-10)12(13)14-9(2)3/h5-7,9,11H,4,8H2,1-3H3. The first-order chi connectivity index (χ1) is 6.63. The van der Waals surface area contributed by atoms with Gasteiger partial charge in [0.15, 0.2) is 0 Å². The maximum absolute atomic E-state index is 11.5. The van der Waals surface area contributed by atoms with Crippen LogP contribution in [0.25, 0.3) is 0 Å². The van der Waals surface area contributed by atoms with E-state index in [1.54, 1.807) is 0 Å². The highest BCUT2D eigenvalue weighted by Crippen LogP contribution is 2.19. The molecule has 0 aromatic carbocycles. The highest BCUT2D eigenvalue weighted by atomic mass is 16.5. The van der Waals surface area contributed by atoms with E-state index < -0.39 is 0 Å². The van der Waals surface area contributed by atoms with Crippen LogP contribution in [0.2, 0.25) is 0 Å². The number of carbonyl (C=O) groups excluding carboxylic acids is 1. The Balaban J connectivity index is 2.47. The molecule has 0 spiro atoms. The summed E-state index contributed by atoms with van der Waals surface area (Å²) in [5.41, 5.74) is 1.30. The van der Waals surface area contributed by atoms with Crippen LogP contribution in [0.5, 0.6) is 0 Å². The fourth-order valence-electron chi connectivity index (χ4n) is 1.42. The summed E-state index contributed by atoms with van der Waals surface area (Å²) < 4.78 is 5.14. The van der Waals surface area contributed by atoms with Crippen molar-refractivity contribution in [3.05, 3.63) is 23.8 Å². The summed E-state index contributed by atoms with van der Waals surface area (Å²) in [6.07, 6.45) is 7.88. The number of rotatable bonds is 3. The van der Waals surface area contributed by atoms with Crippen LogP contribution < -0.4 is 0 Å². The van der Waals surface area contributed by atoms with Gasteiger partial charge in [0.25, 0.3) is 0 Å². The van der Waals surface area contributed by atoms with E-state index in [0.29, 0.717) is 0 Å². The minimum Gasteiger partial charge on any atom is -0.463 e. The van der Waals surface area contributed by atoms with E-state index in [1.807, 2.05) is 26.0 Å². The first-order valence-electron chi connectivity index (χ1n) is 5.21. The Morgan fingerprint density at radius 2 is 2.36 bits per heavy atom. The molecule has 0 aromatic rings. The van der Waals surface area contributed by atoms with Crippen molar-refractivity contribution in [2.45, 2.75) is 39.7 Å². The highest BCUT2D eigenvalue weighted by Gasteiger charge is 2.19. The van der Waals surface area contributed by atoms with Gasteiger partial charge in [-0.1, -0.05) is 30.7 Å². The minimum atomic E-state index is -0.109. The van der Waals surface area contributed by atoms with Crippen LogP contribution in [-0.4, -0.2) is 12.1 Å². The van der Waals surface area contributed by atoms with Gasteiger partial charge < -0.3 is 4.74 Å². The second-order valence-electron chi connectivity index (χ2n) is 3.82. The van der Waals surface area contributed by atoms with Gasteiger partial charge >= 0.3 is 5.97 Å². The monoisotopic (exact) mass is 194 g/mol. The maximum Gasteiger partial charge on any atom is 0.313 e. The molecule has 0 saturated carbocycles. The quantitative estimate of drug-likeness (QED) is 0.646. The molecular formula is C12H18O2. The number of hydrogen-bond acceptors (Lipinski definition) is 2. The largest absolute Gasteiger partial charge is 0.463 e. The molecule has 1 unspecified atom stereocenters. The lowest BCUT2D eigenvalue weighted by molar-refractivity contribution is -0.150. The number of carbonyl (C=O) groups is 1. The summed E-state index contributed by atoms with van der Waals surface area (Å²) in [5.74, 6) is -0.185. The van der Waals surface area contributed by atoms with Crippen molar-refractivity contribution in [3.8, 4) is 0 Å². The minimum absolute atomic E-state index is 0.0209. The Kier molecular flexibility index (Phi) is 3.93. The van der Waals surface area contributed by atoms with Gasteiger partial charge in [-0.2, -0.15) is 0 Å². The Labute approximate surface area is 85.6 Å². The molecule has 78 valence electrons. The molecule has 0 N–H and O–H groups in total. The number of allylic oxidation sites excluding steroid dienone is 3. The molecule has 0 aromatic heterocycles. The number of esters is 1. The van der Waals surface area contributed by atoms with Crippen molar-refractivity contribution in [2.75, 3.05) is 0 Å². The van der Waals surface area contributed by atoms with Gasteiger partial charge in [0.1, 0.15) is 0 Å². The predicted octanol–water partition coefficient (Wildman–Crippen LogP) is 2.85. The average molecular weight is 194 g/mol. The van der Waals surface area contributed by atoms with E-state index in [4.69, 9.17) is 4.74 Å². The van der Waals surface area contributed by atoms with E-state index >= 15 is 0 Å². The lowest BCUT2D eigenvalue weighted by Gasteiger charge is -2.16. The molecule has 0 saturated heterocycles. The first kappa shape index (κ1) is 11.0. The summed E-state index contributed by atoms with van der Waals surface area (Å²) in [6.45, 7) is 5.86. The van der Waals surface area contributed by atoms with Gasteiger partial charge in [0, 0.05) is 0 Å². The lowest BCUT2D eigenvalue weighted by Crippen LogP contribution is -2.20. The van der Waals surface area contributed by atoms with Gasteiger partial charge in [0.2, 0.25) is 0 Å². The second-order valence-corrected chi connectivity index (χ2v) is 3.82. The van der Waals surface area contributed by atoms with E-state index in [1.165, 1.54) is 5.57 Å². The summed E-state index contributed by atoms with van der Waals surface area (Å²) >= 11 is 0. The van der Waals surface area contributed by atoms with Crippen LogP contribution in [0.3, 0.4) is 0 Å². The van der Waals surface area contributed by atoms with E-state index in [0.717, 1.165) is 12.8 Å².